The molecule has 0 aromatic heterocycles. The molecule has 0 fully saturated rings. The maximum atomic E-state index is 11.1. The Morgan fingerprint density at radius 2 is 2.07 bits per heavy atom. The Kier molecular flexibility index (Phi) is 7.42. The summed E-state index contributed by atoms with van der Waals surface area (Å²) in [5.74, 6) is -0.0294. The highest BCUT2D eigenvalue weighted by Gasteiger charge is 2.03. The highest BCUT2D eigenvalue weighted by atomic mass is 16.5. The van der Waals surface area contributed by atoms with Gasteiger partial charge in [0.1, 0.15) is 0 Å². The van der Waals surface area contributed by atoms with Crippen LogP contribution in [0.1, 0.15) is 33.6 Å². The first-order valence-electron chi connectivity index (χ1n) is 5.08. The Labute approximate surface area is 85.6 Å². The van der Waals surface area contributed by atoms with Crippen LogP contribution in [0.5, 0.6) is 0 Å². The lowest BCUT2D eigenvalue weighted by Crippen LogP contribution is -2.28. The van der Waals surface area contributed by atoms with E-state index < -0.39 is 6.10 Å². The van der Waals surface area contributed by atoms with Crippen molar-refractivity contribution in [2.75, 3.05) is 13.2 Å². The lowest BCUT2D eigenvalue weighted by atomic mass is 10.2. The van der Waals surface area contributed by atoms with E-state index in [2.05, 4.69) is 5.32 Å². The quantitative estimate of drug-likeness (QED) is 0.598. The van der Waals surface area contributed by atoms with Crippen LogP contribution >= 0.6 is 0 Å². The van der Waals surface area contributed by atoms with Crippen molar-refractivity contribution in [2.45, 2.75) is 45.8 Å². The zero-order valence-corrected chi connectivity index (χ0v) is 9.25. The second-order valence-electron chi connectivity index (χ2n) is 3.66. The minimum absolute atomic E-state index is 0.0294. The number of carbonyl (C=O) groups excluding carboxylic acids is 1. The van der Waals surface area contributed by atoms with Crippen molar-refractivity contribution >= 4 is 5.91 Å². The van der Waals surface area contributed by atoms with Crippen LogP contribution in [0.2, 0.25) is 0 Å². The van der Waals surface area contributed by atoms with Crippen molar-refractivity contribution in [3.8, 4) is 0 Å². The van der Waals surface area contributed by atoms with Crippen LogP contribution in [0.15, 0.2) is 0 Å². The normalized spacial score (nSPS) is 12.9. The summed E-state index contributed by atoms with van der Waals surface area (Å²) in [4.78, 5) is 11.1. The van der Waals surface area contributed by atoms with E-state index in [1.165, 1.54) is 0 Å². The Morgan fingerprint density at radius 3 is 2.57 bits per heavy atom. The molecular formula is C10H21NO3. The average molecular weight is 203 g/mol. The van der Waals surface area contributed by atoms with Crippen LogP contribution in [0.4, 0.5) is 0 Å². The van der Waals surface area contributed by atoms with Gasteiger partial charge in [-0.25, -0.2) is 0 Å². The zero-order chi connectivity index (χ0) is 11.0. The molecule has 1 unspecified atom stereocenters. The van der Waals surface area contributed by atoms with E-state index in [0.717, 1.165) is 0 Å². The lowest BCUT2D eigenvalue weighted by molar-refractivity contribution is -0.121. The molecule has 0 radical (unpaired) electrons. The molecular weight excluding hydrogens is 182 g/mol. The fourth-order valence-corrected chi connectivity index (χ4v) is 0.913. The molecule has 0 spiro atoms. The maximum absolute atomic E-state index is 11.1. The minimum atomic E-state index is -0.410. The molecule has 0 aliphatic carbocycles. The highest BCUT2D eigenvalue weighted by molar-refractivity contribution is 5.75. The molecule has 0 aliphatic rings. The number of rotatable bonds is 7. The van der Waals surface area contributed by atoms with Gasteiger partial charge in [-0.05, 0) is 27.2 Å². The molecule has 0 aliphatic heterocycles. The summed E-state index contributed by atoms with van der Waals surface area (Å²) in [6, 6.07) is 0. The zero-order valence-electron chi connectivity index (χ0n) is 9.25. The van der Waals surface area contributed by atoms with E-state index in [0.29, 0.717) is 26.0 Å². The third kappa shape index (κ3) is 9.48. The van der Waals surface area contributed by atoms with Gasteiger partial charge < -0.3 is 15.2 Å². The van der Waals surface area contributed by atoms with Gasteiger partial charge in [0.15, 0.2) is 0 Å². The van der Waals surface area contributed by atoms with Gasteiger partial charge >= 0.3 is 0 Å². The van der Waals surface area contributed by atoms with E-state index in [1.807, 2.05) is 13.8 Å². The van der Waals surface area contributed by atoms with Gasteiger partial charge in [0.05, 0.1) is 18.8 Å². The molecule has 1 amide bonds. The molecule has 2 N–H and O–H groups in total. The molecule has 84 valence electrons. The van der Waals surface area contributed by atoms with E-state index in [-0.39, 0.29) is 12.0 Å². The molecule has 0 aromatic rings. The highest BCUT2D eigenvalue weighted by Crippen LogP contribution is 1.94. The van der Waals surface area contributed by atoms with Crippen molar-refractivity contribution in [3.63, 3.8) is 0 Å². The Morgan fingerprint density at radius 1 is 1.43 bits per heavy atom. The second kappa shape index (κ2) is 7.76. The molecule has 0 saturated heterocycles. The summed E-state index contributed by atoms with van der Waals surface area (Å²) >= 11 is 0. The van der Waals surface area contributed by atoms with E-state index in [4.69, 9.17) is 9.84 Å². The third-order valence-electron chi connectivity index (χ3n) is 1.66. The van der Waals surface area contributed by atoms with Gasteiger partial charge in [-0.2, -0.15) is 0 Å². The van der Waals surface area contributed by atoms with Crippen LogP contribution < -0.4 is 5.32 Å². The number of hydrogen-bond donors (Lipinski definition) is 2. The monoisotopic (exact) mass is 203 g/mol. The Bertz CT molecular complexity index is 157. The molecule has 0 aromatic carbocycles. The lowest BCUT2D eigenvalue weighted by Gasteiger charge is -2.09. The summed E-state index contributed by atoms with van der Waals surface area (Å²) in [6.07, 6.45) is 0.674. The predicted octanol–water partition coefficient (Wildman–Crippen LogP) is 0.689. The smallest absolute Gasteiger partial charge is 0.220 e. The molecule has 1 atom stereocenters. The predicted molar refractivity (Wildman–Crippen MR) is 55.0 cm³/mol. The molecule has 0 bridgehead atoms. The summed E-state index contributed by atoms with van der Waals surface area (Å²) in [7, 11) is 0. The topological polar surface area (TPSA) is 58.6 Å². The first-order chi connectivity index (χ1) is 6.52. The van der Waals surface area contributed by atoms with Crippen molar-refractivity contribution in [2.24, 2.45) is 0 Å². The number of nitrogens with one attached hydrogen (secondary N) is 1. The number of amides is 1. The summed E-state index contributed by atoms with van der Waals surface area (Å²) in [6.45, 7) is 6.66. The fraction of sp³-hybridized carbons (Fsp3) is 0.900. The van der Waals surface area contributed by atoms with Crippen molar-refractivity contribution in [1.82, 2.24) is 5.32 Å². The number of aliphatic hydroxyl groups is 1. The molecule has 4 heteroatoms. The maximum Gasteiger partial charge on any atom is 0.220 e. The molecule has 0 rings (SSSR count). The van der Waals surface area contributed by atoms with Crippen LogP contribution in [0.25, 0.3) is 0 Å². The van der Waals surface area contributed by atoms with Crippen molar-refractivity contribution in [3.05, 3.63) is 0 Å². The molecule has 14 heavy (non-hydrogen) atoms. The molecule has 0 saturated carbocycles. The third-order valence-corrected chi connectivity index (χ3v) is 1.66. The van der Waals surface area contributed by atoms with E-state index in [9.17, 15) is 4.79 Å². The SMILES string of the molecule is CC(O)CCC(=O)NCCOC(C)C. The van der Waals surface area contributed by atoms with E-state index >= 15 is 0 Å². The molecule has 4 nitrogen and oxygen atoms in total. The summed E-state index contributed by atoms with van der Waals surface area (Å²) in [5, 5.41) is 11.7. The number of aliphatic hydroxyl groups excluding tert-OH is 1. The van der Waals surface area contributed by atoms with Gasteiger partial charge in [-0.1, -0.05) is 0 Å². The van der Waals surface area contributed by atoms with Crippen LogP contribution in [-0.2, 0) is 9.53 Å². The van der Waals surface area contributed by atoms with Crippen LogP contribution in [0.3, 0.4) is 0 Å². The van der Waals surface area contributed by atoms with Crippen LogP contribution in [0, 0.1) is 0 Å². The van der Waals surface area contributed by atoms with Gasteiger partial charge in [-0.15, -0.1) is 0 Å². The number of carbonyl (C=O) groups is 1. The fourth-order valence-electron chi connectivity index (χ4n) is 0.913. The van der Waals surface area contributed by atoms with Gasteiger partial charge in [-0.3, -0.25) is 4.79 Å². The standard InChI is InChI=1S/C10H21NO3/c1-8(2)14-7-6-11-10(13)5-4-9(3)12/h8-9,12H,4-7H2,1-3H3,(H,11,13). The second-order valence-corrected chi connectivity index (χ2v) is 3.66. The minimum Gasteiger partial charge on any atom is -0.393 e. The van der Waals surface area contributed by atoms with Gasteiger partial charge in [0, 0.05) is 13.0 Å². The largest absolute Gasteiger partial charge is 0.393 e. The molecule has 0 heterocycles. The first-order valence-corrected chi connectivity index (χ1v) is 5.08. The summed E-state index contributed by atoms with van der Waals surface area (Å²) < 4.78 is 5.25. The van der Waals surface area contributed by atoms with Crippen molar-refractivity contribution in [1.29, 1.82) is 0 Å². The Balaban J connectivity index is 3.27. The Hall–Kier alpha value is -0.610. The van der Waals surface area contributed by atoms with Crippen molar-refractivity contribution < 1.29 is 14.6 Å². The van der Waals surface area contributed by atoms with Gasteiger partial charge in [0.25, 0.3) is 0 Å². The first kappa shape index (κ1) is 13.4. The number of ether oxygens (including phenoxy) is 1. The van der Waals surface area contributed by atoms with Crippen LogP contribution in [-0.4, -0.2) is 36.4 Å². The summed E-state index contributed by atoms with van der Waals surface area (Å²) in [5.41, 5.74) is 0. The van der Waals surface area contributed by atoms with Gasteiger partial charge in [0.2, 0.25) is 5.91 Å². The van der Waals surface area contributed by atoms with E-state index in [1.54, 1.807) is 6.92 Å². The average Bonchev–Trinajstić information content (AvgIpc) is 2.08. The number of hydrogen-bond acceptors (Lipinski definition) is 3.